The van der Waals surface area contributed by atoms with E-state index in [4.69, 9.17) is 9.47 Å². The summed E-state index contributed by atoms with van der Waals surface area (Å²) in [7, 11) is 0. The summed E-state index contributed by atoms with van der Waals surface area (Å²) >= 11 is 0. The molecule has 6 heteroatoms. The Balaban J connectivity index is 1.34. The van der Waals surface area contributed by atoms with Gasteiger partial charge in [-0.3, -0.25) is 4.79 Å². The molecule has 1 saturated heterocycles. The minimum Gasteiger partial charge on any atom is -0.483 e. The van der Waals surface area contributed by atoms with Gasteiger partial charge in [0.2, 0.25) is 6.85 Å². The topological polar surface area (TPSA) is 50.8 Å². The summed E-state index contributed by atoms with van der Waals surface area (Å²) < 4.78 is 12.7. The fourth-order valence-electron chi connectivity index (χ4n) is 6.30. The van der Waals surface area contributed by atoms with Gasteiger partial charge in [-0.15, -0.1) is 0 Å². The summed E-state index contributed by atoms with van der Waals surface area (Å²) in [6.07, 6.45) is 6.54. The van der Waals surface area contributed by atoms with Crippen LogP contribution in [0.3, 0.4) is 0 Å². The summed E-state index contributed by atoms with van der Waals surface area (Å²) in [5, 5.41) is 3.85. The maximum Gasteiger partial charge on any atom is 0.261 e. The number of ether oxygens (including phenoxy) is 2. The van der Waals surface area contributed by atoms with Gasteiger partial charge in [0.15, 0.2) is 6.61 Å². The monoisotopic (exact) mass is 460 g/mol. The van der Waals surface area contributed by atoms with Crippen LogP contribution < -0.4 is 9.96 Å². The molecule has 2 fully saturated rings. The van der Waals surface area contributed by atoms with Gasteiger partial charge < -0.3 is 19.6 Å². The molecule has 3 unspecified atom stereocenters. The van der Waals surface area contributed by atoms with Crippen LogP contribution in [0.1, 0.15) is 56.1 Å². The quantitative estimate of drug-likeness (QED) is 0.684. The SMILES string of the molecule is CB(Cc1ccccc1)NC1CC(C)N2C(=O)COc3ccccc3[C@H]3CC[C@H](CC3)OCC12. The van der Waals surface area contributed by atoms with Crippen LogP contribution in [0.25, 0.3) is 0 Å². The van der Waals surface area contributed by atoms with Crippen molar-refractivity contribution in [2.24, 2.45) is 0 Å². The van der Waals surface area contributed by atoms with Gasteiger partial charge in [0.05, 0.1) is 18.8 Å². The van der Waals surface area contributed by atoms with Crippen LogP contribution in [0, 0.1) is 0 Å². The molecule has 1 saturated carbocycles. The number of rotatable bonds is 4. The third kappa shape index (κ3) is 5.18. The van der Waals surface area contributed by atoms with E-state index in [2.05, 4.69) is 61.4 Å². The van der Waals surface area contributed by atoms with Crippen molar-refractivity contribution in [3.63, 3.8) is 0 Å². The first kappa shape index (κ1) is 23.4. The standard InChI is InChI=1S/C28H37BN2O3/c1-20-16-25(30-29(2)17-21-8-4-3-5-9-21)26-18-33-23-14-12-22(13-15-23)24-10-6-7-11-27(24)34-19-28(32)31(20)26/h3-11,20,22-23,25-26,30H,12-19H2,1-2H3/t20?,22-,23+,25?,26?. The number of nitrogens with one attached hydrogen (secondary N) is 1. The Hall–Kier alpha value is -2.31. The fraction of sp³-hybridized carbons (Fsp3) is 0.536. The van der Waals surface area contributed by atoms with Crippen molar-refractivity contribution >= 4 is 12.8 Å². The molecule has 1 amide bonds. The first-order valence-electron chi connectivity index (χ1n) is 13.0. The van der Waals surface area contributed by atoms with E-state index < -0.39 is 0 Å². The van der Waals surface area contributed by atoms with Gasteiger partial charge in [-0.2, -0.15) is 0 Å². The number of nitrogens with zero attached hydrogens (tertiary/aromatic N) is 1. The molecule has 4 aliphatic rings. The summed E-state index contributed by atoms with van der Waals surface area (Å²) in [5.41, 5.74) is 2.57. The minimum absolute atomic E-state index is 0.0260. The second kappa shape index (κ2) is 10.5. The normalized spacial score (nSPS) is 29.3. The lowest BCUT2D eigenvalue weighted by Crippen LogP contribution is -2.53. The molecule has 180 valence electrons. The molecule has 6 rings (SSSR count). The average molecular weight is 460 g/mol. The maximum absolute atomic E-state index is 13.4. The molecule has 0 radical (unpaired) electrons. The first-order valence-corrected chi connectivity index (χ1v) is 13.0. The highest BCUT2D eigenvalue weighted by atomic mass is 16.5. The predicted octanol–water partition coefficient (Wildman–Crippen LogP) is 4.47. The largest absolute Gasteiger partial charge is 0.483 e. The van der Waals surface area contributed by atoms with Crippen molar-refractivity contribution in [3.8, 4) is 5.75 Å². The summed E-state index contributed by atoms with van der Waals surface area (Å²) in [5.74, 6) is 1.41. The van der Waals surface area contributed by atoms with E-state index in [9.17, 15) is 4.79 Å². The van der Waals surface area contributed by atoms with Gasteiger partial charge in [-0.05, 0) is 62.9 Å². The van der Waals surface area contributed by atoms with Gasteiger partial charge in [-0.25, -0.2) is 0 Å². The smallest absolute Gasteiger partial charge is 0.261 e. The van der Waals surface area contributed by atoms with Crippen molar-refractivity contribution < 1.29 is 14.3 Å². The Morgan fingerprint density at radius 2 is 1.76 bits per heavy atom. The van der Waals surface area contributed by atoms with Crippen LogP contribution >= 0.6 is 0 Å². The maximum atomic E-state index is 13.4. The highest BCUT2D eigenvalue weighted by Gasteiger charge is 2.43. The number of hydrogen-bond acceptors (Lipinski definition) is 4. The van der Waals surface area contributed by atoms with E-state index >= 15 is 0 Å². The van der Waals surface area contributed by atoms with E-state index in [1.165, 1.54) is 11.1 Å². The third-order valence-corrected chi connectivity index (χ3v) is 7.95. The molecule has 0 aromatic heterocycles. The van der Waals surface area contributed by atoms with Crippen molar-refractivity contribution in [3.05, 3.63) is 65.7 Å². The molecule has 1 aliphatic carbocycles. The number of fused-ring (bicyclic) bond motifs is 5. The van der Waals surface area contributed by atoms with Gasteiger partial charge in [0, 0.05) is 12.1 Å². The second-order valence-corrected chi connectivity index (χ2v) is 10.5. The van der Waals surface area contributed by atoms with E-state index in [1.54, 1.807) is 0 Å². The molecule has 3 aliphatic heterocycles. The van der Waals surface area contributed by atoms with E-state index in [1.807, 2.05) is 17.0 Å². The number of carbonyl (C=O) groups is 1. The molecule has 2 aromatic carbocycles. The molecule has 3 atom stereocenters. The lowest BCUT2D eigenvalue weighted by atomic mass is 9.59. The van der Waals surface area contributed by atoms with E-state index in [0.717, 1.165) is 44.2 Å². The molecule has 34 heavy (non-hydrogen) atoms. The number of hydrogen-bond donors (Lipinski definition) is 1. The van der Waals surface area contributed by atoms with E-state index in [-0.39, 0.29) is 36.7 Å². The Kier molecular flexibility index (Phi) is 7.26. The number of carbonyl (C=O) groups excluding carboxylic acids is 1. The minimum atomic E-state index is 0.0260. The average Bonchev–Trinajstić information content (AvgIpc) is 3.16. The molecular formula is C28H37BN2O3. The van der Waals surface area contributed by atoms with Crippen LogP contribution in [0.4, 0.5) is 0 Å². The molecule has 2 aromatic rings. The summed E-state index contributed by atoms with van der Waals surface area (Å²) in [6, 6.07) is 19.3. The number of para-hydroxylation sites is 1. The van der Waals surface area contributed by atoms with Gasteiger partial charge in [0.1, 0.15) is 5.75 Å². The Morgan fingerprint density at radius 1 is 1.03 bits per heavy atom. The Bertz CT molecular complexity index is 963. The van der Waals surface area contributed by atoms with Crippen molar-refractivity contribution in [2.45, 2.75) is 82.3 Å². The molecule has 0 spiro atoms. The highest BCUT2D eigenvalue weighted by Crippen LogP contribution is 2.39. The molecule has 2 bridgehead atoms. The Morgan fingerprint density at radius 3 is 2.56 bits per heavy atom. The molecular weight excluding hydrogens is 423 g/mol. The van der Waals surface area contributed by atoms with Gasteiger partial charge >= 0.3 is 0 Å². The first-order chi connectivity index (χ1) is 16.6. The summed E-state index contributed by atoms with van der Waals surface area (Å²) in [4.78, 5) is 15.5. The van der Waals surface area contributed by atoms with Crippen molar-refractivity contribution in [1.29, 1.82) is 0 Å². The van der Waals surface area contributed by atoms with Gasteiger partial charge in [-0.1, -0.05) is 60.9 Å². The predicted molar refractivity (Wildman–Crippen MR) is 136 cm³/mol. The highest BCUT2D eigenvalue weighted by molar-refractivity contribution is 6.54. The summed E-state index contributed by atoms with van der Waals surface area (Å²) in [6.45, 7) is 5.39. The van der Waals surface area contributed by atoms with Crippen LogP contribution in [-0.2, 0) is 15.9 Å². The zero-order chi connectivity index (χ0) is 23.5. The Labute approximate surface area is 204 Å². The molecule has 1 N–H and O–H groups in total. The molecule has 5 nitrogen and oxygen atoms in total. The number of benzene rings is 2. The molecule has 3 heterocycles. The number of amides is 1. The van der Waals surface area contributed by atoms with Gasteiger partial charge in [0.25, 0.3) is 5.91 Å². The second-order valence-electron chi connectivity index (χ2n) is 10.5. The van der Waals surface area contributed by atoms with Crippen molar-refractivity contribution in [1.82, 2.24) is 10.1 Å². The fourth-order valence-corrected chi connectivity index (χ4v) is 6.30. The van der Waals surface area contributed by atoms with Crippen molar-refractivity contribution in [2.75, 3.05) is 13.2 Å². The zero-order valence-electron chi connectivity index (χ0n) is 20.5. The van der Waals surface area contributed by atoms with Crippen LogP contribution in [0.5, 0.6) is 5.75 Å². The third-order valence-electron chi connectivity index (χ3n) is 7.95. The zero-order valence-corrected chi connectivity index (χ0v) is 20.5. The van der Waals surface area contributed by atoms with Crippen LogP contribution in [-0.4, -0.2) is 55.1 Å². The van der Waals surface area contributed by atoms with E-state index in [0.29, 0.717) is 19.4 Å². The van der Waals surface area contributed by atoms with Crippen LogP contribution in [0.15, 0.2) is 54.6 Å². The lowest BCUT2D eigenvalue weighted by molar-refractivity contribution is -0.138. The lowest BCUT2D eigenvalue weighted by Gasteiger charge is -2.33. The van der Waals surface area contributed by atoms with Crippen LogP contribution in [0.2, 0.25) is 6.82 Å².